The average Bonchev–Trinajstić information content (AvgIpc) is 2.84. The maximum Gasteiger partial charge on any atom is 0.411 e. The Morgan fingerprint density at radius 2 is 2.13 bits per heavy atom. The fourth-order valence-corrected chi connectivity index (χ4v) is 2.36. The molecule has 0 saturated carbocycles. The molecule has 0 spiro atoms. The second-order valence-corrected chi connectivity index (χ2v) is 6.49. The first-order valence-electron chi connectivity index (χ1n) is 7.36. The third-order valence-electron chi connectivity index (χ3n) is 3.36. The molecule has 1 aliphatic heterocycles. The normalized spacial score (nSPS) is 21.1. The van der Waals surface area contributed by atoms with E-state index < -0.39 is 29.7 Å². The van der Waals surface area contributed by atoms with E-state index in [1.54, 1.807) is 20.8 Å². The van der Waals surface area contributed by atoms with E-state index in [0.29, 0.717) is 18.4 Å². The molecule has 0 aromatic heterocycles. The number of nitrogens with two attached hydrogens (primary N) is 1. The van der Waals surface area contributed by atoms with E-state index >= 15 is 0 Å². The Kier molecular flexibility index (Phi) is 4.77. The lowest BCUT2D eigenvalue weighted by Crippen LogP contribution is -2.41. The molecule has 1 amide bonds. The van der Waals surface area contributed by atoms with Gasteiger partial charge in [-0.1, -0.05) is 0 Å². The molecule has 2 rings (SSSR count). The van der Waals surface area contributed by atoms with Crippen molar-refractivity contribution in [2.45, 2.75) is 44.9 Å². The molecule has 23 heavy (non-hydrogen) atoms. The number of anilines is 1. The highest BCUT2D eigenvalue weighted by atomic mass is 19.1. The summed E-state index contributed by atoms with van der Waals surface area (Å²) in [6, 6.07) is 3.19. The van der Waals surface area contributed by atoms with Crippen molar-refractivity contribution in [2.75, 3.05) is 12.3 Å². The van der Waals surface area contributed by atoms with Crippen molar-refractivity contribution < 1.29 is 23.5 Å². The van der Waals surface area contributed by atoms with Gasteiger partial charge in [-0.2, -0.15) is 0 Å². The van der Waals surface area contributed by atoms with Crippen LogP contribution >= 0.6 is 0 Å². The van der Waals surface area contributed by atoms with Crippen LogP contribution in [0.1, 0.15) is 27.2 Å². The zero-order valence-electron chi connectivity index (χ0n) is 13.4. The molecule has 0 unspecified atom stereocenters. The molecule has 126 valence electrons. The molecule has 1 aromatic carbocycles. The number of amides is 1. The summed E-state index contributed by atoms with van der Waals surface area (Å²) in [4.78, 5) is 24.7. The van der Waals surface area contributed by atoms with E-state index in [1.807, 2.05) is 0 Å². The molecular formula is C16H21FN2O4. The fourth-order valence-electron chi connectivity index (χ4n) is 2.36. The van der Waals surface area contributed by atoms with Crippen LogP contribution in [0.4, 0.5) is 14.9 Å². The van der Waals surface area contributed by atoms with Crippen LogP contribution in [0.5, 0.6) is 5.75 Å². The van der Waals surface area contributed by atoms with Gasteiger partial charge in [0, 0.05) is 12.5 Å². The van der Waals surface area contributed by atoms with E-state index in [0.717, 1.165) is 0 Å². The van der Waals surface area contributed by atoms with E-state index in [4.69, 9.17) is 15.2 Å². The Labute approximate surface area is 134 Å². The number of rotatable bonds is 3. The maximum atomic E-state index is 13.3. The van der Waals surface area contributed by atoms with Gasteiger partial charge >= 0.3 is 6.09 Å². The minimum absolute atomic E-state index is 0.175. The highest BCUT2D eigenvalue weighted by Gasteiger charge is 2.38. The van der Waals surface area contributed by atoms with Crippen molar-refractivity contribution in [2.24, 2.45) is 0 Å². The predicted molar refractivity (Wildman–Crippen MR) is 82.6 cm³/mol. The number of aldehydes is 1. The van der Waals surface area contributed by atoms with Crippen molar-refractivity contribution in [1.82, 2.24) is 4.90 Å². The van der Waals surface area contributed by atoms with Crippen LogP contribution in [-0.2, 0) is 9.53 Å². The van der Waals surface area contributed by atoms with Crippen LogP contribution in [0.25, 0.3) is 0 Å². The molecule has 1 saturated heterocycles. The maximum absolute atomic E-state index is 13.3. The number of halogens is 1. The Morgan fingerprint density at radius 1 is 1.43 bits per heavy atom. The van der Waals surface area contributed by atoms with E-state index in [9.17, 15) is 14.0 Å². The first kappa shape index (κ1) is 17.1. The molecule has 0 bridgehead atoms. The van der Waals surface area contributed by atoms with E-state index in [-0.39, 0.29) is 12.3 Å². The SMILES string of the molecule is CC(C)(C)OC(=O)N1C[C@@H](Oc2cc(F)ccc2N)C[C@H]1C=O. The molecule has 2 N–H and O–H groups in total. The third kappa shape index (κ3) is 4.34. The second-order valence-electron chi connectivity index (χ2n) is 6.49. The predicted octanol–water partition coefficient (Wildman–Crippen LogP) is 2.36. The summed E-state index contributed by atoms with van der Waals surface area (Å²) in [7, 11) is 0. The molecule has 6 nitrogen and oxygen atoms in total. The summed E-state index contributed by atoms with van der Waals surface area (Å²) < 4.78 is 24.2. The zero-order valence-corrected chi connectivity index (χ0v) is 13.4. The molecule has 0 aliphatic carbocycles. The molecule has 1 heterocycles. The number of carbonyl (C=O) groups is 2. The highest BCUT2D eigenvalue weighted by Crippen LogP contribution is 2.28. The lowest BCUT2D eigenvalue weighted by molar-refractivity contribution is -0.111. The molecule has 1 aromatic rings. The molecule has 7 heteroatoms. The van der Waals surface area contributed by atoms with Gasteiger partial charge < -0.3 is 20.0 Å². The third-order valence-corrected chi connectivity index (χ3v) is 3.36. The van der Waals surface area contributed by atoms with Crippen LogP contribution in [0.3, 0.4) is 0 Å². The van der Waals surface area contributed by atoms with Crippen molar-refractivity contribution >= 4 is 18.1 Å². The quantitative estimate of drug-likeness (QED) is 0.682. The largest absolute Gasteiger partial charge is 0.486 e. The van der Waals surface area contributed by atoms with Crippen molar-refractivity contribution in [3.63, 3.8) is 0 Å². The van der Waals surface area contributed by atoms with Gasteiger partial charge in [-0.25, -0.2) is 9.18 Å². The summed E-state index contributed by atoms with van der Waals surface area (Å²) in [5.41, 5.74) is 5.39. The standard InChI is InChI=1S/C16H21FN2O4/c1-16(2,3)23-15(21)19-8-12(7-11(19)9-20)22-14-6-10(17)4-5-13(14)18/h4-6,9,11-12H,7-8,18H2,1-3H3/t11-,12-/m0/s1. The van der Waals surface area contributed by atoms with Crippen LogP contribution in [-0.4, -0.2) is 41.6 Å². The number of nitrogens with zero attached hydrogens (tertiary/aromatic N) is 1. The van der Waals surface area contributed by atoms with Gasteiger partial charge in [0.05, 0.1) is 18.3 Å². The second kappa shape index (κ2) is 6.44. The number of hydrogen-bond acceptors (Lipinski definition) is 5. The minimum atomic E-state index is -0.656. The molecule has 0 radical (unpaired) electrons. The van der Waals surface area contributed by atoms with Gasteiger partial charge in [0.1, 0.15) is 29.6 Å². The number of carbonyl (C=O) groups excluding carboxylic acids is 2. The lowest BCUT2D eigenvalue weighted by atomic mass is 10.2. The van der Waals surface area contributed by atoms with Crippen LogP contribution < -0.4 is 10.5 Å². The molecule has 1 fully saturated rings. The number of benzene rings is 1. The van der Waals surface area contributed by atoms with Crippen molar-refractivity contribution in [3.8, 4) is 5.75 Å². The van der Waals surface area contributed by atoms with Crippen LogP contribution in [0.2, 0.25) is 0 Å². The Bertz CT molecular complexity index is 600. The van der Waals surface area contributed by atoms with Crippen molar-refractivity contribution in [3.05, 3.63) is 24.0 Å². The average molecular weight is 324 g/mol. The Morgan fingerprint density at radius 3 is 2.74 bits per heavy atom. The molecular weight excluding hydrogens is 303 g/mol. The van der Waals surface area contributed by atoms with Crippen LogP contribution in [0, 0.1) is 5.82 Å². The number of hydrogen-bond donors (Lipinski definition) is 1. The van der Waals surface area contributed by atoms with Gasteiger partial charge in [0.2, 0.25) is 0 Å². The minimum Gasteiger partial charge on any atom is -0.486 e. The van der Waals surface area contributed by atoms with E-state index in [1.165, 1.54) is 23.1 Å². The summed E-state index contributed by atoms with van der Waals surface area (Å²) in [5, 5.41) is 0. The smallest absolute Gasteiger partial charge is 0.411 e. The van der Waals surface area contributed by atoms with Crippen LogP contribution in [0.15, 0.2) is 18.2 Å². The Hall–Kier alpha value is -2.31. The van der Waals surface area contributed by atoms with Gasteiger partial charge in [-0.3, -0.25) is 4.90 Å². The summed E-state index contributed by atoms with van der Waals surface area (Å²) >= 11 is 0. The summed E-state index contributed by atoms with van der Waals surface area (Å²) in [6.07, 6.45) is -0.0456. The first-order chi connectivity index (χ1) is 10.7. The molecule has 2 atom stereocenters. The highest BCUT2D eigenvalue weighted by molar-refractivity contribution is 5.74. The number of likely N-dealkylation sites (tertiary alicyclic amines) is 1. The van der Waals surface area contributed by atoms with Gasteiger partial charge in [0.15, 0.2) is 0 Å². The topological polar surface area (TPSA) is 81.9 Å². The summed E-state index contributed by atoms with van der Waals surface area (Å²) in [5.74, 6) is -0.270. The number of nitrogen functional groups attached to an aromatic ring is 1. The summed E-state index contributed by atoms with van der Waals surface area (Å²) in [6.45, 7) is 5.42. The monoisotopic (exact) mass is 324 g/mol. The van der Waals surface area contributed by atoms with Gasteiger partial charge in [0.25, 0.3) is 0 Å². The lowest BCUT2D eigenvalue weighted by Gasteiger charge is -2.26. The van der Waals surface area contributed by atoms with E-state index in [2.05, 4.69) is 0 Å². The van der Waals surface area contributed by atoms with Crippen molar-refractivity contribution in [1.29, 1.82) is 0 Å². The first-order valence-corrected chi connectivity index (χ1v) is 7.36. The number of ether oxygens (including phenoxy) is 2. The van der Waals surface area contributed by atoms with Gasteiger partial charge in [-0.05, 0) is 32.9 Å². The molecule has 1 aliphatic rings. The Balaban J connectivity index is 2.08. The fraction of sp³-hybridized carbons (Fsp3) is 0.500. The zero-order chi connectivity index (χ0) is 17.2. The van der Waals surface area contributed by atoms with Gasteiger partial charge in [-0.15, -0.1) is 0 Å².